The Balaban J connectivity index is 1.41. The number of pyridine rings is 1. The fraction of sp³-hybridized carbons (Fsp3) is 0.226. The second kappa shape index (κ2) is 11.2. The summed E-state index contributed by atoms with van der Waals surface area (Å²) in [5.41, 5.74) is 2.78. The minimum absolute atomic E-state index is 0.167. The average molecular weight is 583 g/mol. The van der Waals surface area contributed by atoms with E-state index in [0.29, 0.717) is 44.9 Å². The molecule has 1 unspecified atom stereocenters. The van der Waals surface area contributed by atoms with Crippen LogP contribution in [0.3, 0.4) is 0 Å². The number of aromatic nitrogens is 5. The average Bonchev–Trinajstić information content (AvgIpc) is 3.73. The first-order chi connectivity index (χ1) is 20.3. The number of benzene rings is 2. The number of ether oxygens (including phenoxy) is 1. The number of ketones is 1. The quantitative estimate of drug-likeness (QED) is 0.235. The van der Waals surface area contributed by atoms with E-state index < -0.39 is 17.5 Å². The predicted molar refractivity (Wildman–Crippen MR) is 159 cm³/mol. The number of fused-ring (bicyclic) bond motifs is 1. The van der Waals surface area contributed by atoms with Crippen LogP contribution in [0.2, 0.25) is 5.02 Å². The molecule has 3 heterocycles. The van der Waals surface area contributed by atoms with Gasteiger partial charge in [-0.3, -0.25) is 23.6 Å². The number of rotatable bonds is 9. The van der Waals surface area contributed by atoms with Crippen LogP contribution in [0.1, 0.15) is 47.9 Å². The van der Waals surface area contributed by atoms with Gasteiger partial charge < -0.3 is 10.1 Å². The number of halogens is 1. The number of hydrogen-bond acceptors (Lipinski definition) is 7. The van der Waals surface area contributed by atoms with Crippen molar-refractivity contribution in [3.05, 3.63) is 100 Å². The Morgan fingerprint density at radius 2 is 1.95 bits per heavy atom. The Morgan fingerprint density at radius 1 is 1.12 bits per heavy atom. The van der Waals surface area contributed by atoms with E-state index in [-0.39, 0.29) is 12.2 Å². The maximum absolute atomic E-state index is 13.9. The number of amides is 1. The SMILES string of the molecule is COc1cn(C(Cc2ccn(C3CC3)n2)C(=O)Nc2ccc3ncncc3c2)c(=O)cc1-c1cc(Cl)ccc1C(C)=O. The van der Waals surface area contributed by atoms with Crippen molar-refractivity contribution in [3.63, 3.8) is 0 Å². The van der Waals surface area contributed by atoms with Crippen LogP contribution in [0.25, 0.3) is 22.0 Å². The standard InChI is InChI=1S/C31H27ClN6O4/c1-18(39)24-7-3-20(32)12-25(24)26-14-30(40)37(16-29(26)42-2)28(13-22-9-10-38(36-22)23-5-6-23)31(41)35-21-4-8-27-19(11-21)15-33-17-34-27/h3-4,7-12,14-17,23,28H,5-6,13H2,1-2H3,(H,35,41). The molecular formula is C31H27ClN6O4. The van der Waals surface area contributed by atoms with Crippen LogP contribution in [-0.2, 0) is 11.2 Å². The largest absolute Gasteiger partial charge is 0.495 e. The van der Waals surface area contributed by atoms with E-state index in [2.05, 4.69) is 20.4 Å². The van der Waals surface area contributed by atoms with Crippen molar-refractivity contribution in [1.82, 2.24) is 24.3 Å². The van der Waals surface area contributed by atoms with Crippen LogP contribution in [0.4, 0.5) is 5.69 Å². The summed E-state index contributed by atoms with van der Waals surface area (Å²) in [5, 5.41) is 8.79. The first-order valence-corrected chi connectivity index (χ1v) is 13.8. The molecule has 0 saturated heterocycles. The number of hydrogen-bond donors (Lipinski definition) is 1. The smallest absolute Gasteiger partial charge is 0.252 e. The number of anilines is 1. The highest BCUT2D eigenvalue weighted by Crippen LogP contribution is 2.35. The lowest BCUT2D eigenvalue weighted by Gasteiger charge is -2.21. The van der Waals surface area contributed by atoms with Gasteiger partial charge in [-0.1, -0.05) is 11.6 Å². The highest BCUT2D eigenvalue weighted by molar-refractivity contribution is 6.31. The van der Waals surface area contributed by atoms with Crippen LogP contribution in [0, 0.1) is 0 Å². The van der Waals surface area contributed by atoms with Gasteiger partial charge >= 0.3 is 0 Å². The Hall–Kier alpha value is -4.83. The van der Waals surface area contributed by atoms with E-state index in [1.54, 1.807) is 42.6 Å². The van der Waals surface area contributed by atoms with Crippen LogP contribution in [-0.4, -0.2) is 43.1 Å². The zero-order chi connectivity index (χ0) is 29.4. The van der Waals surface area contributed by atoms with Gasteiger partial charge in [-0.15, -0.1) is 0 Å². The van der Waals surface area contributed by atoms with E-state index in [0.717, 1.165) is 23.7 Å². The number of nitrogens with zero attached hydrogens (tertiary/aromatic N) is 5. The first-order valence-electron chi connectivity index (χ1n) is 13.5. The lowest BCUT2D eigenvalue weighted by Crippen LogP contribution is -2.34. The van der Waals surface area contributed by atoms with Gasteiger partial charge in [-0.05, 0) is 67.8 Å². The Bertz CT molecular complexity index is 1890. The summed E-state index contributed by atoms with van der Waals surface area (Å²) < 4.78 is 8.93. The van der Waals surface area contributed by atoms with Crippen molar-refractivity contribution in [2.24, 2.45) is 0 Å². The van der Waals surface area contributed by atoms with Gasteiger partial charge in [0.25, 0.3) is 5.56 Å². The highest BCUT2D eigenvalue weighted by Gasteiger charge is 2.28. The molecule has 212 valence electrons. The molecule has 1 fully saturated rings. The molecule has 0 spiro atoms. The Morgan fingerprint density at radius 3 is 2.71 bits per heavy atom. The fourth-order valence-corrected chi connectivity index (χ4v) is 5.20. The highest BCUT2D eigenvalue weighted by atomic mass is 35.5. The van der Waals surface area contributed by atoms with E-state index >= 15 is 0 Å². The molecule has 10 nitrogen and oxygen atoms in total. The summed E-state index contributed by atoms with van der Waals surface area (Å²) in [6.45, 7) is 1.44. The molecular weight excluding hydrogens is 556 g/mol. The second-order valence-corrected chi connectivity index (χ2v) is 10.7. The van der Waals surface area contributed by atoms with Gasteiger partial charge in [0, 0.05) is 52.1 Å². The molecule has 6 rings (SSSR count). The third-order valence-electron chi connectivity index (χ3n) is 7.31. The molecule has 1 aliphatic rings. The van der Waals surface area contributed by atoms with Crippen LogP contribution in [0.15, 0.2) is 78.2 Å². The summed E-state index contributed by atoms with van der Waals surface area (Å²) >= 11 is 6.26. The number of Topliss-reactive ketones (excluding diaryl/α,β-unsaturated/α-hetero) is 1. The van der Waals surface area contributed by atoms with Gasteiger partial charge in [0.1, 0.15) is 18.1 Å². The van der Waals surface area contributed by atoms with E-state index in [9.17, 15) is 14.4 Å². The number of methoxy groups -OCH3 is 1. The lowest BCUT2D eigenvalue weighted by atomic mass is 9.97. The maximum atomic E-state index is 13.9. The summed E-state index contributed by atoms with van der Waals surface area (Å²) in [5.74, 6) is -0.281. The molecule has 0 radical (unpaired) electrons. The molecule has 1 amide bonds. The molecule has 1 aliphatic carbocycles. The fourth-order valence-electron chi connectivity index (χ4n) is 5.02. The normalized spacial score (nSPS) is 13.6. The second-order valence-electron chi connectivity index (χ2n) is 10.3. The Kier molecular flexibility index (Phi) is 7.30. The minimum Gasteiger partial charge on any atom is -0.495 e. The lowest BCUT2D eigenvalue weighted by molar-refractivity contribution is -0.119. The summed E-state index contributed by atoms with van der Waals surface area (Å²) in [6.07, 6.45) is 8.84. The topological polar surface area (TPSA) is 121 Å². The zero-order valence-electron chi connectivity index (χ0n) is 23.0. The summed E-state index contributed by atoms with van der Waals surface area (Å²) in [4.78, 5) is 48.2. The molecule has 3 aromatic heterocycles. The molecule has 1 N–H and O–H groups in total. The van der Waals surface area contributed by atoms with Crippen molar-refractivity contribution in [2.75, 3.05) is 12.4 Å². The minimum atomic E-state index is -0.961. The third kappa shape index (κ3) is 5.53. The molecule has 11 heteroatoms. The van der Waals surface area contributed by atoms with E-state index in [1.165, 1.54) is 37.2 Å². The van der Waals surface area contributed by atoms with Gasteiger partial charge in [-0.2, -0.15) is 5.10 Å². The Labute approximate surface area is 245 Å². The molecule has 1 atom stereocenters. The number of carbonyl (C=O) groups is 2. The van der Waals surface area contributed by atoms with Crippen molar-refractivity contribution >= 4 is 39.9 Å². The van der Waals surface area contributed by atoms with Crippen molar-refractivity contribution in [3.8, 4) is 16.9 Å². The first kappa shape index (κ1) is 27.3. The van der Waals surface area contributed by atoms with Crippen molar-refractivity contribution in [1.29, 1.82) is 0 Å². The van der Waals surface area contributed by atoms with Crippen LogP contribution < -0.4 is 15.6 Å². The zero-order valence-corrected chi connectivity index (χ0v) is 23.7. The van der Waals surface area contributed by atoms with Gasteiger partial charge in [0.15, 0.2) is 5.78 Å². The van der Waals surface area contributed by atoms with Gasteiger partial charge in [0.2, 0.25) is 5.91 Å². The van der Waals surface area contributed by atoms with Gasteiger partial charge in [0.05, 0.1) is 30.6 Å². The van der Waals surface area contributed by atoms with Crippen LogP contribution >= 0.6 is 11.6 Å². The third-order valence-corrected chi connectivity index (χ3v) is 7.55. The summed E-state index contributed by atoms with van der Waals surface area (Å²) in [7, 11) is 1.47. The van der Waals surface area contributed by atoms with Crippen molar-refractivity contribution in [2.45, 2.75) is 38.3 Å². The number of nitrogens with one attached hydrogen (secondary N) is 1. The maximum Gasteiger partial charge on any atom is 0.252 e. The van der Waals surface area contributed by atoms with Gasteiger partial charge in [-0.25, -0.2) is 9.97 Å². The molecule has 42 heavy (non-hydrogen) atoms. The molecule has 1 saturated carbocycles. The predicted octanol–water partition coefficient (Wildman–Crippen LogP) is 5.28. The van der Waals surface area contributed by atoms with E-state index in [4.69, 9.17) is 16.3 Å². The van der Waals surface area contributed by atoms with Crippen molar-refractivity contribution < 1.29 is 14.3 Å². The molecule has 0 bridgehead atoms. The van der Waals surface area contributed by atoms with Crippen LogP contribution in [0.5, 0.6) is 5.75 Å². The molecule has 2 aromatic carbocycles. The molecule has 5 aromatic rings. The summed E-state index contributed by atoms with van der Waals surface area (Å²) in [6, 6.07) is 12.8. The van der Waals surface area contributed by atoms with E-state index in [1.807, 2.05) is 16.9 Å². The molecule has 0 aliphatic heterocycles. The monoisotopic (exact) mass is 582 g/mol. The number of carbonyl (C=O) groups excluding carboxylic acids is 2.